The fraction of sp³-hybridized carbons (Fsp3) is 0.300. The highest BCUT2D eigenvalue weighted by atomic mass is 16.1. The van der Waals surface area contributed by atoms with Crippen molar-refractivity contribution in [2.75, 3.05) is 0 Å². The van der Waals surface area contributed by atoms with Gasteiger partial charge in [-0.3, -0.25) is 4.79 Å². The van der Waals surface area contributed by atoms with Gasteiger partial charge in [0.2, 0.25) is 0 Å². The molecule has 1 aromatic carbocycles. The first-order valence-electron chi connectivity index (χ1n) is 3.75. The van der Waals surface area contributed by atoms with E-state index in [4.69, 9.17) is 0 Å². The summed E-state index contributed by atoms with van der Waals surface area (Å²) in [6.45, 7) is 3.81. The van der Waals surface area contributed by atoms with Crippen LogP contribution in [0.1, 0.15) is 29.3 Å². The molecule has 0 atom stereocenters. The average Bonchev–Trinajstić information content (AvgIpc) is 2.03. The Labute approximate surface area is 67.1 Å². The highest BCUT2D eigenvalue weighted by Crippen LogP contribution is 2.05. The molecule has 0 spiro atoms. The van der Waals surface area contributed by atoms with Crippen molar-refractivity contribution >= 4 is 5.78 Å². The molecule has 0 unspecified atom stereocenters. The summed E-state index contributed by atoms with van der Waals surface area (Å²) in [5.74, 6) is 0.196. The van der Waals surface area contributed by atoms with Gasteiger partial charge in [0.1, 0.15) is 0 Å². The molecule has 57 valence electrons. The van der Waals surface area contributed by atoms with E-state index < -0.39 is 0 Å². The van der Waals surface area contributed by atoms with E-state index in [1.165, 1.54) is 0 Å². The van der Waals surface area contributed by atoms with Gasteiger partial charge in [0.25, 0.3) is 0 Å². The van der Waals surface area contributed by atoms with E-state index in [9.17, 15) is 4.79 Å². The van der Waals surface area contributed by atoms with E-state index in [0.29, 0.717) is 6.42 Å². The van der Waals surface area contributed by atoms with Crippen molar-refractivity contribution in [1.29, 1.82) is 0 Å². The first kappa shape index (κ1) is 7.99. The maximum Gasteiger partial charge on any atom is 0.162 e. The van der Waals surface area contributed by atoms with Crippen LogP contribution in [0, 0.1) is 13.0 Å². The van der Waals surface area contributed by atoms with E-state index in [1.54, 1.807) is 12.1 Å². The lowest BCUT2D eigenvalue weighted by atomic mass is 10.1. The van der Waals surface area contributed by atoms with Crippen molar-refractivity contribution < 1.29 is 4.79 Å². The second-order valence-corrected chi connectivity index (χ2v) is 2.54. The summed E-state index contributed by atoms with van der Waals surface area (Å²) in [7, 11) is 0. The molecule has 0 bridgehead atoms. The van der Waals surface area contributed by atoms with E-state index >= 15 is 0 Å². The number of hydrogen-bond acceptors (Lipinski definition) is 1. The number of Topliss-reactive ketones (excluding diaryl/α,β-unsaturated/α-hetero) is 1. The van der Waals surface area contributed by atoms with Gasteiger partial charge >= 0.3 is 0 Å². The van der Waals surface area contributed by atoms with Crippen LogP contribution in [0.2, 0.25) is 0 Å². The van der Waals surface area contributed by atoms with Crippen LogP contribution in [0.4, 0.5) is 0 Å². The molecule has 1 aromatic rings. The molecule has 1 radical (unpaired) electrons. The minimum atomic E-state index is 0.196. The van der Waals surface area contributed by atoms with Crippen LogP contribution in [-0.2, 0) is 0 Å². The van der Waals surface area contributed by atoms with Gasteiger partial charge in [-0.05, 0) is 24.6 Å². The predicted octanol–water partition coefficient (Wildman–Crippen LogP) is 2.39. The molecular formula is C10H11O. The number of benzene rings is 1. The van der Waals surface area contributed by atoms with Crippen molar-refractivity contribution in [1.82, 2.24) is 0 Å². The second-order valence-electron chi connectivity index (χ2n) is 2.54. The lowest BCUT2D eigenvalue weighted by Gasteiger charge is -1.97. The zero-order valence-corrected chi connectivity index (χ0v) is 6.85. The van der Waals surface area contributed by atoms with E-state index in [1.807, 2.05) is 19.9 Å². The lowest BCUT2D eigenvalue weighted by molar-refractivity contribution is 0.0988. The van der Waals surface area contributed by atoms with Crippen LogP contribution in [0.3, 0.4) is 0 Å². The molecule has 0 aromatic heterocycles. The number of rotatable bonds is 2. The van der Waals surface area contributed by atoms with Gasteiger partial charge in [-0.25, -0.2) is 0 Å². The third-order valence-corrected chi connectivity index (χ3v) is 1.59. The van der Waals surface area contributed by atoms with Crippen LogP contribution in [0.15, 0.2) is 18.2 Å². The Kier molecular flexibility index (Phi) is 2.42. The van der Waals surface area contributed by atoms with E-state index in [0.717, 1.165) is 11.1 Å². The maximum atomic E-state index is 11.2. The van der Waals surface area contributed by atoms with Gasteiger partial charge < -0.3 is 0 Å². The summed E-state index contributed by atoms with van der Waals surface area (Å²) in [5.41, 5.74) is 1.81. The van der Waals surface area contributed by atoms with Gasteiger partial charge in [-0.2, -0.15) is 0 Å². The molecule has 0 heterocycles. The molecule has 0 aliphatic rings. The topological polar surface area (TPSA) is 17.1 Å². The standard InChI is InChI=1S/C10H11O/c1-3-10(11)9-6-4-5-8(2)7-9/h4,6-7H,3H2,1-2H3. The summed E-state index contributed by atoms with van der Waals surface area (Å²) in [5, 5.41) is 0. The maximum absolute atomic E-state index is 11.2. The molecule has 0 saturated heterocycles. The molecule has 1 heteroatoms. The molecule has 0 saturated carbocycles. The van der Waals surface area contributed by atoms with Gasteiger partial charge in [-0.1, -0.05) is 19.1 Å². The van der Waals surface area contributed by atoms with E-state index in [-0.39, 0.29) is 5.78 Å². The summed E-state index contributed by atoms with van der Waals surface area (Å²) < 4.78 is 0. The second kappa shape index (κ2) is 3.33. The zero-order valence-electron chi connectivity index (χ0n) is 6.85. The third-order valence-electron chi connectivity index (χ3n) is 1.59. The molecule has 1 nitrogen and oxygen atoms in total. The molecule has 1 rings (SSSR count). The molecule has 11 heavy (non-hydrogen) atoms. The Balaban J connectivity index is 2.96. The van der Waals surface area contributed by atoms with Crippen LogP contribution in [0.5, 0.6) is 0 Å². The summed E-state index contributed by atoms with van der Waals surface area (Å²) >= 11 is 0. The van der Waals surface area contributed by atoms with Crippen LogP contribution in [0.25, 0.3) is 0 Å². The Morgan fingerprint density at radius 1 is 1.64 bits per heavy atom. The number of carbonyl (C=O) groups is 1. The average molecular weight is 147 g/mol. The Morgan fingerprint density at radius 2 is 2.36 bits per heavy atom. The van der Waals surface area contributed by atoms with Crippen molar-refractivity contribution in [3.8, 4) is 0 Å². The number of hydrogen-bond donors (Lipinski definition) is 0. The number of ketones is 1. The fourth-order valence-corrected chi connectivity index (χ4v) is 0.963. The highest BCUT2D eigenvalue weighted by molar-refractivity contribution is 5.95. The Hall–Kier alpha value is -1.11. The molecular weight excluding hydrogens is 136 g/mol. The molecule has 0 fully saturated rings. The first-order chi connectivity index (χ1) is 5.24. The van der Waals surface area contributed by atoms with Crippen LogP contribution >= 0.6 is 0 Å². The van der Waals surface area contributed by atoms with Gasteiger partial charge in [0.15, 0.2) is 5.78 Å². The lowest BCUT2D eigenvalue weighted by Crippen LogP contribution is -1.95. The molecule has 0 N–H and O–H groups in total. The van der Waals surface area contributed by atoms with Gasteiger partial charge in [0, 0.05) is 12.0 Å². The minimum absolute atomic E-state index is 0.196. The molecule has 0 amide bonds. The number of aryl methyl sites for hydroxylation is 1. The first-order valence-corrected chi connectivity index (χ1v) is 3.75. The van der Waals surface area contributed by atoms with Crippen molar-refractivity contribution in [3.63, 3.8) is 0 Å². The Morgan fingerprint density at radius 3 is 2.91 bits per heavy atom. The van der Waals surface area contributed by atoms with E-state index in [2.05, 4.69) is 6.07 Å². The fourth-order valence-electron chi connectivity index (χ4n) is 0.963. The number of carbonyl (C=O) groups excluding carboxylic acids is 1. The summed E-state index contributed by atoms with van der Waals surface area (Å²) in [4.78, 5) is 11.2. The monoisotopic (exact) mass is 147 g/mol. The minimum Gasteiger partial charge on any atom is -0.294 e. The van der Waals surface area contributed by atoms with Crippen molar-refractivity contribution in [3.05, 3.63) is 35.4 Å². The summed E-state index contributed by atoms with van der Waals surface area (Å²) in [6, 6.07) is 8.46. The van der Waals surface area contributed by atoms with Crippen LogP contribution < -0.4 is 0 Å². The third kappa shape index (κ3) is 1.90. The van der Waals surface area contributed by atoms with Gasteiger partial charge in [-0.15, -0.1) is 0 Å². The summed E-state index contributed by atoms with van der Waals surface area (Å²) in [6.07, 6.45) is 0.573. The van der Waals surface area contributed by atoms with Gasteiger partial charge in [0.05, 0.1) is 0 Å². The normalized spacial score (nSPS) is 9.64. The Bertz CT molecular complexity index is 263. The molecule has 0 aliphatic carbocycles. The zero-order chi connectivity index (χ0) is 8.27. The SMILES string of the molecule is CCC(=O)c1cc[c]c(C)c1. The quantitative estimate of drug-likeness (QED) is 0.587. The van der Waals surface area contributed by atoms with Crippen molar-refractivity contribution in [2.24, 2.45) is 0 Å². The predicted molar refractivity (Wildman–Crippen MR) is 44.6 cm³/mol. The molecule has 0 aliphatic heterocycles. The van der Waals surface area contributed by atoms with Crippen molar-refractivity contribution in [2.45, 2.75) is 20.3 Å². The van der Waals surface area contributed by atoms with Crippen LogP contribution in [-0.4, -0.2) is 5.78 Å². The smallest absolute Gasteiger partial charge is 0.162 e. The highest BCUT2D eigenvalue weighted by Gasteiger charge is 2.00. The largest absolute Gasteiger partial charge is 0.294 e.